The average Bonchev–Trinajstić information content (AvgIpc) is 2.93. The molecule has 2 aromatic carbocycles. The molecule has 3 nitrogen and oxygen atoms in total. The molecule has 0 saturated carbocycles. The van der Waals surface area contributed by atoms with Gasteiger partial charge in [0.25, 0.3) is 0 Å². The molecule has 3 heteroatoms. The zero-order valence-electron chi connectivity index (χ0n) is 12.8. The van der Waals surface area contributed by atoms with Crippen molar-refractivity contribution in [1.82, 2.24) is 4.90 Å². The molecule has 2 aromatic rings. The molecule has 1 heterocycles. The Labute approximate surface area is 131 Å². The molecule has 0 aromatic heterocycles. The Morgan fingerprint density at radius 1 is 1.09 bits per heavy atom. The van der Waals surface area contributed by atoms with Gasteiger partial charge >= 0.3 is 5.97 Å². The minimum absolute atomic E-state index is 0.0711. The van der Waals surface area contributed by atoms with Gasteiger partial charge in [-0.05, 0) is 18.1 Å². The highest BCUT2D eigenvalue weighted by atomic mass is 16.4. The first kappa shape index (κ1) is 14.8. The number of carboxylic acids is 1. The maximum atomic E-state index is 11.6. The van der Waals surface area contributed by atoms with Crippen molar-refractivity contribution in [3.63, 3.8) is 0 Å². The van der Waals surface area contributed by atoms with Crippen molar-refractivity contribution in [3.05, 3.63) is 71.3 Å². The highest BCUT2D eigenvalue weighted by Gasteiger charge is 2.38. The van der Waals surface area contributed by atoms with Crippen molar-refractivity contribution >= 4 is 5.97 Å². The third-order valence-electron chi connectivity index (χ3n) is 4.47. The van der Waals surface area contributed by atoms with Crippen LogP contribution in [0.5, 0.6) is 0 Å². The summed E-state index contributed by atoms with van der Waals surface area (Å²) < 4.78 is 0. The number of nitrogens with zero attached hydrogens (tertiary/aromatic N) is 1. The van der Waals surface area contributed by atoms with E-state index >= 15 is 0 Å². The quantitative estimate of drug-likeness (QED) is 0.941. The van der Waals surface area contributed by atoms with Gasteiger partial charge in [0.2, 0.25) is 0 Å². The van der Waals surface area contributed by atoms with Crippen LogP contribution in [0.2, 0.25) is 0 Å². The maximum absolute atomic E-state index is 11.6. The summed E-state index contributed by atoms with van der Waals surface area (Å²) in [7, 11) is 0. The molecular weight excluding hydrogens is 274 g/mol. The normalized spacial score (nSPS) is 21.9. The maximum Gasteiger partial charge on any atom is 0.308 e. The van der Waals surface area contributed by atoms with Crippen LogP contribution in [0.3, 0.4) is 0 Å². The molecule has 0 spiro atoms. The lowest BCUT2D eigenvalue weighted by molar-refractivity contribution is -0.141. The van der Waals surface area contributed by atoms with Crippen LogP contribution in [0.25, 0.3) is 0 Å². The van der Waals surface area contributed by atoms with Gasteiger partial charge in [-0.1, -0.05) is 60.2 Å². The second kappa shape index (κ2) is 6.32. The number of carbonyl (C=O) groups is 1. The van der Waals surface area contributed by atoms with E-state index < -0.39 is 5.97 Å². The Hall–Kier alpha value is -2.13. The number of hydrogen-bond acceptors (Lipinski definition) is 2. The van der Waals surface area contributed by atoms with Crippen molar-refractivity contribution in [2.24, 2.45) is 5.92 Å². The highest BCUT2D eigenvalue weighted by molar-refractivity contribution is 5.72. The molecule has 1 aliphatic rings. The molecule has 0 amide bonds. The van der Waals surface area contributed by atoms with Crippen molar-refractivity contribution in [2.75, 3.05) is 13.1 Å². The first-order chi connectivity index (χ1) is 10.6. The number of likely N-dealkylation sites (tertiary alicyclic amines) is 1. The fraction of sp³-hybridized carbons (Fsp3) is 0.316. The molecule has 1 fully saturated rings. The predicted octanol–water partition coefficient (Wildman–Crippen LogP) is 3.30. The van der Waals surface area contributed by atoms with Gasteiger partial charge in [-0.2, -0.15) is 0 Å². The number of carboxylic acid groups (broad SMARTS) is 1. The monoisotopic (exact) mass is 295 g/mol. The van der Waals surface area contributed by atoms with Crippen LogP contribution in [0.4, 0.5) is 0 Å². The fourth-order valence-electron chi connectivity index (χ4n) is 3.26. The standard InChI is InChI=1S/C19H21NO2/c1-14-7-9-16(10-8-14)17-12-20(13-18(17)19(21)22)11-15-5-3-2-4-6-15/h2-10,17-18H,11-13H2,1H3,(H,21,22). The number of benzene rings is 2. The van der Waals surface area contributed by atoms with Gasteiger partial charge in [-0.15, -0.1) is 0 Å². The van der Waals surface area contributed by atoms with Gasteiger partial charge < -0.3 is 5.11 Å². The van der Waals surface area contributed by atoms with Crippen LogP contribution in [0.1, 0.15) is 22.6 Å². The first-order valence-electron chi connectivity index (χ1n) is 7.69. The summed E-state index contributed by atoms with van der Waals surface area (Å²) in [5, 5.41) is 9.56. The van der Waals surface area contributed by atoms with Crippen LogP contribution in [0, 0.1) is 12.8 Å². The van der Waals surface area contributed by atoms with Crippen LogP contribution in [-0.2, 0) is 11.3 Å². The van der Waals surface area contributed by atoms with E-state index in [1.165, 1.54) is 11.1 Å². The van der Waals surface area contributed by atoms with Gasteiger partial charge in [0.05, 0.1) is 5.92 Å². The van der Waals surface area contributed by atoms with E-state index in [1.807, 2.05) is 18.2 Å². The minimum atomic E-state index is -0.693. The van der Waals surface area contributed by atoms with E-state index in [0.29, 0.717) is 6.54 Å². The molecule has 0 bridgehead atoms. The third kappa shape index (κ3) is 3.20. The van der Waals surface area contributed by atoms with E-state index in [1.54, 1.807) is 0 Å². The molecule has 2 atom stereocenters. The fourth-order valence-corrected chi connectivity index (χ4v) is 3.26. The Balaban J connectivity index is 1.77. The lowest BCUT2D eigenvalue weighted by Crippen LogP contribution is -2.23. The number of aliphatic carboxylic acids is 1. The van der Waals surface area contributed by atoms with Crippen LogP contribution < -0.4 is 0 Å². The molecular formula is C19H21NO2. The van der Waals surface area contributed by atoms with E-state index in [9.17, 15) is 9.90 Å². The first-order valence-corrected chi connectivity index (χ1v) is 7.69. The van der Waals surface area contributed by atoms with Crippen LogP contribution in [0.15, 0.2) is 54.6 Å². The van der Waals surface area contributed by atoms with Gasteiger partial charge in [0.1, 0.15) is 0 Å². The van der Waals surface area contributed by atoms with Gasteiger partial charge in [-0.25, -0.2) is 0 Å². The largest absolute Gasteiger partial charge is 0.481 e. The number of aryl methyl sites for hydroxylation is 1. The predicted molar refractivity (Wildman–Crippen MR) is 86.8 cm³/mol. The highest BCUT2D eigenvalue weighted by Crippen LogP contribution is 2.33. The van der Waals surface area contributed by atoms with Crippen molar-refractivity contribution in [1.29, 1.82) is 0 Å². The summed E-state index contributed by atoms with van der Waals surface area (Å²) in [5.41, 5.74) is 3.57. The molecule has 22 heavy (non-hydrogen) atoms. The third-order valence-corrected chi connectivity index (χ3v) is 4.47. The Kier molecular flexibility index (Phi) is 4.25. The summed E-state index contributed by atoms with van der Waals surface area (Å²) in [6, 6.07) is 18.5. The van der Waals surface area contributed by atoms with Crippen molar-refractivity contribution < 1.29 is 9.90 Å². The van der Waals surface area contributed by atoms with Gasteiger partial charge in [-0.3, -0.25) is 9.69 Å². The lowest BCUT2D eigenvalue weighted by atomic mass is 9.89. The van der Waals surface area contributed by atoms with E-state index in [-0.39, 0.29) is 11.8 Å². The summed E-state index contributed by atoms with van der Waals surface area (Å²) in [5.74, 6) is -0.950. The van der Waals surface area contributed by atoms with E-state index in [0.717, 1.165) is 18.7 Å². The van der Waals surface area contributed by atoms with Crippen LogP contribution in [-0.4, -0.2) is 29.1 Å². The van der Waals surface area contributed by atoms with Crippen molar-refractivity contribution in [3.8, 4) is 0 Å². The van der Waals surface area contributed by atoms with Gasteiger partial charge in [0, 0.05) is 25.6 Å². The molecule has 0 aliphatic carbocycles. The van der Waals surface area contributed by atoms with E-state index in [4.69, 9.17) is 0 Å². The molecule has 1 aliphatic heterocycles. The summed E-state index contributed by atoms with van der Waals surface area (Å²) >= 11 is 0. The Bertz CT molecular complexity index is 636. The minimum Gasteiger partial charge on any atom is -0.481 e. The Morgan fingerprint density at radius 2 is 1.77 bits per heavy atom. The smallest absolute Gasteiger partial charge is 0.308 e. The zero-order valence-corrected chi connectivity index (χ0v) is 12.8. The SMILES string of the molecule is Cc1ccc(C2CN(Cc3ccccc3)CC2C(=O)O)cc1. The van der Waals surface area contributed by atoms with Crippen LogP contribution >= 0.6 is 0 Å². The topological polar surface area (TPSA) is 40.5 Å². The summed E-state index contributed by atoms with van der Waals surface area (Å²) in [4.78, 5) is 13.9. The molecule has 0 radical (unpaired) electrons. The second-order valence-corrected chi connectivity index (χ2v) is 6.14. The average molecular weight is 295 g/mol. The van der Waals surface area contributed by atoms with Gasteiger partial charge in [0.15, 0.2) is 0 Å². The summed E-state index contributed by atoms with van der Waals surface area (Å²) in [6.07, 6.45) is 0. The molecule has 2 unspecified atom stereocenters. The summed E-state index contributed by atoms with van der Waals surface area (Å²) in [6.45, 7) is 4.28. The lowest BCUT2D eigenvalue weighted by Gasteiger charge is -2.16. The number of rotatable bonds is 4. The Morgan fingerprint density at radius 3 is 2.41 bits per heavy atom. The molecule has 3 rings (SSSR count). The van der Waals surface area contributed by atoms with E-state index in [2.05, 4.69) is 48.2 Å². The zero-order chi connectivity index (χ0) is 15.5. The van der Waals surface area contributed by atoms with Crippen molar-refractivity contribution in [2.45, 2.75) is 19.4 Å². The second-order valence-electron chi connectivity index (χ2n) is 6.14. The molecule has 1 saturated heterocycles. The molecule has 1 N–H and O–H groups in total. The molecule has 114 valence electrons. The number of hydrogen-bond donors (Lipinski definition) is 1.